The van der Waals surface area contributed by atoms with E-state index in [1.807, 2.05) is 30.3 Å². The number of ether oxygens (including phenoxy) is 1. The van der Waals surface area contributed by atoms with Gasteiger partial charge in [0.25, 0.3) is 0 Å². The lowest BCUT2D eigenvalue weighted by molar-refractivity contribution is -0.138. The van der Waals surface area contributed by atoms with Crippen molar-refractivity contribution in [2.75, 3.05) is 13.1 Å². The maximum absolute atomic E-state index is 12.9. The van der Waals surface area contributed by atoms with Crippen molar-refractivity contribution in [2.45, 2.75) is 57.7 Å². The van der Waals surface area contributed by atoms with E-state index < -0.39 is 48.1 Å². The molecule has 0 saturated carbocycles. The molecule has 1 fully saturated rings. The molecule has 2 atom stereocenters. The average molecular weight is 419 g/mol. The maximum atomic E-state index is 12.9. The standard InChI is InChI=1S/C21H29N3O6/c1-21(2,3)30-20(29)24-11-7-10-16(24)19(28)23-15(18(27)22-13-17(25)26)12-14-8-5-4-6-9-14/h4-6,8-9,15-16H,7,10-13H2,1-3H3,(H,22,27)(H,23,28)(H,25,26). The van der Waals surface area contributed by atoms with Crippen LogP contribution in [0.15, 0.2) is 30.3 Å². The third-order valence-electron chi connectivity index (χ3n) is 4.51. The Morgan fingerprint density at radius 3 is 2.47 bits per heavy atom. The van der Waals surface area contributed by atoms with Crippen LogP contribution in [-0.2, 0) is 25.5 Å². The smallest absolute Gasteiger partial charge is 0.410 e. The predicted molar refractivity (Wildman–Crippen MR) is 109 cm³/mol. The molecule has 3 N–H and O–H groups in total. The summed E-state index contributed by atoms with van der Waals surface area (Å²) in [6.07, 6.45) is 0.721. The largest absolute Gasteiger partial charge is 0.480 e. The van der Waals surface area contributed by atoms with E-state index in [1.165, 1.54) is 4.90 Å². The lowest BCUT2D eigenvalue weighted by Crippen LogP contribution is -2.54. The minimum atomic E-state index is -1.18. The quantitative estimate of drug-likeness (QED) is 0.612. The van der Waals surface area contributed by atoms with Crippen LogP contribution in [0.4, 0.5) is 4.79 Å². The number of carboxylic acid groups (broad SMARTS) is 1. The lowest BCUT2D eigenvalue weighted by atomic mass is 10.0. The second-order valence-electron chi connectivity index (χ2n) is 8.19. The van der Waals surface area contributed by atoms with Crippen molar-refractivity contribution < 1.29 is 29.0 Å². The van der Waals surface area contributed by atoms with Crippen molar-refractivity contribution in [3.05, 3.63) is 35.9 Å². The van der Waals surface area contributed by atoms with Gasteiger partial charge in [-0.1, -0.05) is 30.3 Å². The molecule has 0 radical (unpaired) electrons. The number of carbonyl (C=O) groups excluding carboxylic acids is 3. The van der Waals surface area contributed by atoms with E-state index in [2.05, 4.69) is 10.6 Å². The van der Waals surface area contributed by atoms with Crippen molar-refractivity contribution in [1.29, 1.82) is 0 Å². The molecule has 1 heterocycles. The van der Waals surface area contributed by atoms with Crippen molar-refractivity contribution in [3.63, 3.8) is 0 Å². The molecule has 3 amide bonds. The van der Waals surface area contributed by atoms with E-state index in [0.717, 1.165) is 5.56 Å². The lowest BCUT2D eigenvalue weighted by Gasteiger charge is -2.29. The predicted octanol–water partition coefficient (Wildman–Crippen LogP) is 1.31. The molecule has 0 aromatic heterocycles. The van der Waals surface area contributed by atoms with Gasteiger partial charge in [-0.3, -0.25) is 19.3 Å². The number of carbonyl (C=O) groups is 4. The first-order valence-corrected chi connectivity index (χ1v) is 9.90. The molecule has 1 aromatic rings. The highest BCUT2D eigenvalue weighted by atomic mass is 16.6. The average Bonchev–Trinajstić information content (AvgIpc) is 3.15. The molecule has 9 nitrogen and oxygen atoms in total. The fourth-order valence-corrected chi connectivity index (χ4v) is 3.19. The molecule has 0 spiro atoms. The van der Waals surface area contributed by atoms with Crippen molar-refractivity contribution in [3.8, 4) is 0 Å². The molecule has 30 heavy (non-hydrogen) atoms. The van der Waals surface area contributed by atoms with Gasteiger partial charge in [0.15, 0.2) is 0 Å². The molecule has 2 unspecified atom stereocenters. The SMILES string of the molecule is CC(C)(C)OC(=O)N1CCCC1C(=O)NC(Cc1ccccc1)C(=O)NCC(=O)O. The second-order valence-corrected chi connectivity index (χ2v) is 8.19. The molecule has 9 heteroatoms. The van der Waals surface area contributed by atoms with Crippen LogP contribution in [0, 0.1) is 0 Å². The third kappa shape index (κ3) is 7.06. The number of hydrogen-bond acceptors (Lipinski definition) is 5. The normalized spacial score (nSPS) is 17.2. The molecule has 0 bridgehead atoms. The van der Waals surface area contributed by atoms with Crippen molar-refractivity contribution >= 4 is 23.9 Å². The number of aliphatic carboxylic acids is 1. The Labute approximate surface area is 175 Å². The zero-order valence-corrected chi connectivity index (χ0v) is 17.5. The highest BCUT2D eigenvalue weighted by Crippen LogP contribution is 2.21. The number of hydrogen-bond donors (Lipinski definition) is 3. The zero-order chi connectivity index (χ0) is 22.3. The van der Waals surface area contributed by atoms with E-state index in [9.17, 15) is 19.2 Å². The van der Waals surface area contributed by atoms with Gasteiger partial charge >= 0.3 is 12.1 Å². The Morgan fingerprint density at radius 2 is 1.87 bits per heavy atom. The molecular formula is C21H29N3O6. The van der Waals surface area contributed by atoms with E-state index in [0.29, 0.717) is 19.4 Å². The number of nitrogens with zero attached hydrogens (tertiary/aromatic N) is 1. The summed E-state index contributed by atoms with van der Waals surface area (Å²) in [4.78, 5) is 50.0. The Bertz CT molecular complexity index is 775. The first-order chi connectivity index (χ1) is 14.1. The second kappa shape index (κ2) is 10.1. The molecule has 0 aliphatic carbocycles. The van der Waals surface area contributed by atoms with Crippen LogP contribution in [0.3, 0.4) is 0 Å². The summed E-state index contributed by atoms with van der Waals surface area (Å²) in [5.74, 6) is -2.25. The Kier molecular flexibility index (Phi) is 7.79. The summed E-state index contributed by atoms with van der Waals surface area (Å²) < 4.78 is 5.38. The van der Waals surface area contributed by atoms with E-state index in [1.54, 1.807) is 20.8 Å². The molecule has 1 aliphatic rings. The van der Waals surface area contributed by atoms with Crippen molar-refractivity contribution in [1.82, 2.24) is 15.5 Å². The molecular weight excluding hydrogens is 390 g/mol. The topological polar surface area (TPSA) is 125 Å². The van der Waals surface area contributed by atoms with Crippen molar-refractivity contribution in [2.24, 2.45) is 0 Å². The number of benzene rings is 1. The molecule has 164 valence electrons. The van der Waals surface area contributed by atoms with Crippen LogP contribution < -0.4 is 10.6 Å². The number of nitrogens with one attached hydrogen (secondary N) is 2. The Hall–Kier alpha value is -3.10. The molecule has 1 saturated heterocycles. The van der Waals surface area contributed by atoms with Crippen LogP contribution in [0.2, 0.25) is 0 Å². The highest BCUT2D eigenvalue weighted by molar-refractivity contribution is 5.92. The molecule has 1 aromatic carbocycles. The summed E-state index contributed by atoms with van der Waals surface area (Å²) in [7, 11) is 0. The summed E-state index contributed by atoms with van der Waals surface area (Å²) in [5, 5.41) is 13.8. The fourth-order valence-electron chi connectivity index (χ4n) is 3.19. The van der Waals surface area contributed by atoms with Crippen LogP contribution in [0.25, 0.3) is 0 Å². The minimum absolute atomic E-state index is 0.192. The number of rotatable bonds is 7. The van der Waals surface area contributed by atoms with Gasteiger partial charge in [0.05, 0.1) is 0 Å². The first kappa shape index (κ1) is 23.2. The molecule has 1 aliphatic heterocycles. The van der Waals surface area contributed by atoms with Crippen LogP contribution in [-0.4, -0.2) is 64.7 Å². The highest BCUT2D eigenvalue weighted by Gasteiger charge is 2.38. The van der Waals surface area contributed by atoms with E-state index in [-0.39, 0.29) is 6.42 Å². The first-order valence-electron chi connectivity index (χ1n) is 9.90. The monoisotopic (exact) mass is 419 g/mol. The zero-order valence-electron chi connectivity index (χ0n) is 17.5. The number of carboxylic acids is 1. The van der Waals surface area contributed by atoms with Gasteiger partial charge in [0.2, 0.25) is 11.8 Å². The van der Waals surface area contributed by atoms with Gasteiger partial charge in [0.1, 0.15) is 24.2 Å². The van der Waals surface area contributed by atoms with Crippen LogP contribution >= 0.6 is 0 Å². The molecule has 2 rings (SSSR count). The maximum Gasteiger partial charge on any atom is 0.410 e. The fraction of sp³-hybridized carbons (Fsp3) is 0.524. The van der Waals surface area contributed by atoms with Gasteiger partial charge in [0, 0.05) is 13.0 Å². The summed E-state index contributed by atoms with van der Waals surface area (Å²) in [6.45, 7) is 5.09. The van der Waals surface area contributed by atoms with Gasteiger partial charge in [-0.15, -0.1) is 0 Å². The minimum Gasteiger partial charge on any atom is -0.480 e. The number of amides is 3. The van der Waals surface area contributed by atoms with Gasteiger partial charge < -0.3 is 20.5 Å². The van der Waals surface area contributed by atoms with E-state index >= 15 is 0 Å². The summed E-state index contributed by atoms with van der Waals surface area (Å²) in [5.41, 5.74) is 0.122. The van der Waals surface area contributed by atoms with Gasteiger partial charge in [-0.2, -0.15) is 0 Å². The Balaban J connectivity index is 2.10. The summed E-state index contributed by atoms with van der Waals surface area (Å²) in [6, 6.07) is 7.36. The van der Waals surface area contributed by atoms with Gasteiger partial charge in [-0.25, -0.2) is 4.79 Å². The van der Waals surface area contributed by atoms with E-state index in [4.69, 9.17) is 9.84 Å². The third-order valence-corrected chi connectivity index (χ3v) is 4.51. The summed E-state index contributed by atoms with van der Waals surface area (Å²) >= 11 is 0. The van der Waals surface area contributed by atoms with Crippen LogP contribution in [0.5, 0.6) is 0 Å². The van der Waals surface area contributed by atoms with Gasteiger partial charge in [-0.05, 0) is 39.2 Å². The Morgan fingerprint density at radius 1 is 1.20 bits per heavy atom. The number of likely N-dealkylation sites (tertiary alicyclic amines) is 1. The van der Waals surface area contributed by atoms with Crippen LogP contribution in [0.1, 0.15) is 39.2 Å².